The molecule has 0 aliphatic heterocycles. The van der Waals surface area contributed by atoms with Crippen molar-refractivity contribution in [3.05, 3.63) is 0 Å². The second-order valence-corrected chi connectivity index (χ2v) is 8.48. The van der Waals surface area contributed by atoms with Crippen LogP contribution >= 0.6 is 0 Å². The van der Waals surface area contributed by atoms with Gasteiger partial charge in [-0.1, -0.05) is 0 Å². The molecule has 20 N–H and O–H groups in total. The summed E-state index contributed by atoms with van der Waals surface area (Å²) in [6.45, 7) is 0. The Bertz CT molecular complexity index is 481. The first-order valence-corrected chi connectivity index (χ1v) is 19.5. The second kappa shape index (κ2) is 84.3. The fourth-order valence-corrected chi connectivity index (χ4v) is 0. The van der Waals surface area contributed by atoms with Crippen LogP contribution < -0.4 is 0 Å². The molecule has 0 radical (unpaired) electrons. The van der Waals surface area contributed by atoms with Crippen LogP contribution in [0.15, 0.2) is 0 Å². The van der Waals surface area contributed by atoms with Gasteiger partial charge in [-0.2, -0.15) is 0 Å². The Kier molecular flexibility index (Phi) is 173. The number of rotatable bonds is 0. The Morgan fingerprint density at radius 1 is 0.159 bits per heavy atom. The minimum absolute atomic E-state index is 0. The molecule has 44 heteroatoms. The Morgan fingerprint density at radius 2 is 0.159 bits per heavy atom. The zero-order valence-electron chi connectivity index (χ0n) is 18.0. The predicted octanol–water partition coefficient (Wildman–Crippen LogP) is -18.7. The minimum atomic E-state index is -3.13. The van der Waals surface area contributed by atoms with E-state index in [2.05, 4.69) is 0 Å². The van der Waals surface area contributed by atoms with E-state index in [1.54, 1.807) is 0 Å². The Hall–Kier alpha value is 0.169. The van der Waals surface area contributed by atoms with Gasteiger partial charge in [-0.05, 0) is 0 Å². The first kappa shape index (κ1) is 90.4. The van der Waals surface area contributed by atoms with E-state index in [-0.39, 0.29) is 118 Å². The first-order chi connectivity index (χ1) is 17.3. The van der Waals surface area contributed by atoms with Crippen LogP contribution in [0.1, 0.15) is 0 Å². The van der Waals surface area contributed by atoms with Gasteiger partial charge in [0.15, 0.2) is 0 Å². The van der Waals surface area contributed by atoms with E-state index in [1.807, 2.05) is 0 Å². The van der Waals surface area contributed by atoms with Crippen LogP contribution in [0.2, 0.25) is 0 Å². The Morgan fingerprint density at radius 3 is 0.159 bits per heavy atom. The third-order valence-electron chi connectivity index (χ3n) is 0. The van der Waals surface area contributed by atoms with Crippen LogP contribution in [-0.4, -0.2) is 306 Å². The van der Waals surface area contributed by atoms with Crippen LogP contribution in [0.5, 0.6) is 0 Å². The number of hydrogen-bond acceptors (Lipinski definition) is 10. The first-order valence-electron chi connectivity index (χ1n) is 6.51. The van der Waals surface area contributed by atoms with Crippen molar-refractivity contribution in [3.8, 4) is 0 Å². The fraction of sp³-hybridized carbons (Fsp3) is 0. The molecular weight excluding hydrogens is 853 g/mol. The van der Waals surface area contributed by atoms with Crippen molar-refractivity contribution in [2.24, 2.45) is 0 Å². The monoisotopic (exact) mass is 876 g/mol. The van der Waals surface area contributed by atoms with Crippen molar-refractivity contribution in [2.75, 3.05) is 0 Å². The van der Waals surface area contributed by atoms with Gasteiger partial charge in [0.05, 0.1) is 0 Å². The van der Waals surface area contributed by atoms with E-state index in [1.165, 1.54) is 0 Å². The Balaban J connectivity index is -0.0000000187. The molecule has 0 heterocycles. The van der Waals surface area contributed by atoms with Gasteiger partial charge >= 0.3 is 210 Å². The van der Waals surface area contributed by atoms with E-state index in [4.69, 9.17) is 141 Å². The van der Waals surface area contributed by atoms with E-state index in [0.29, 0.717) is 0 Å². The van der Waals surface area contributed by atoms with Crippen LogP contribution in [0.3, 0.4) is 0 Å². The number of hydrogen-bond donors (Lipinski definition) is 20. The molecule has 44 heavy (non-hydrogen) atoms. The molecule has 30 nitrogen and oxygen atoms in total. The summed E-state index contributed by atoms with van der Waals surface area (Å²) in [6, 6.07) is 0. The van der Waals surface area contributed by atoms with Gasteiger partial charge in [-0.3, -0.25) is 44.6 Å². The molecule has 0 rings (SSSR count). The standard InChI is InChI=1S/4Na.10H2O3Si.4H/c;;;;10*1-4(2)3;;;;/h;;;;10*1-2H;;;;. The SMILES string of the molecule is O=[Si](O)O.O=[Si](O)O.O=[Si](O)O.O=[Si](O)O.O=[Si](O)O.O=[Si](O)O.O=[Si](O)O.O=[Si](O)O.O=[Si](O)O.O=[Si](O)O.[NaH].[NaH].[NaH].[NaH]. The predicted molar refractivity (Wildman–Crippen MR) is 137 cm³/mol. The summed E-state index contributed by atoms with van der Waals surface area (Å²) in [5, 5.41) is 0. The maximum atomic E-state index is 8.74. The second-order valence-electron chi connectivity index (χ2n) is 2.83. The molecule has 0 saturated carbocycles. The van der Waals surface area contributed by atoms with Gasteiger partial charge in [0.2, 0.25) is 0 Å². The molecule has 248 valence electrons. The zero-order chi connectivity index (χ0) is 35.8. The van der Waals surface area contributed by atoms with Gasteiger partial charge in [0.1, 0.15) is 0 Å². The summed E-state index contributed by atoms with van der Waals surface area (Å²) in [6.07, 6.45) is 0. The van der Waals surface area contributed by atoms with Crippen molar-refractivity contribution in [1.82, 2.24) is 0 Å². The van der Waals surface area contributed by atoms with Gasteiger partial charge < -0.3 is 95.9 Å². The van der Waals surface area contributed by atoms with Gasteiger partial charge in [0.25, 0.3) is 0 Å². The summed E-state index contributed by atoms with van der Waals surface area (Å²) < 4.78 is 87.4. The maximum absolute atomic E-state index is 8.74. The van der Waals surface area contributed by atoms with Gasteiger partial charge in [-0.25, -0.2) is 0 Å². The molecule has 0 fully saturated rings. The van der Waals surface area contributed by atoms with Crippen molar-refractivity contribution in [2.45, 2.75) is 0 Å². The van der Waals surface area contributed by atoms with E-state index < -0.39 is 91.7 Å². The average Bonchev–Trinajstić information content (AvgIpc) is 2.47. The molecule has 0 aromatic rings. The summed E-state index contributed by atoms with van der Waals surface area (Å²) in [7, 11) is -31.3. The quantitative estimate of drug-likeness (QED) is 0.100. The van der Waals surface area contributed by atoms with Crippen LogP contribution in [-0.2, 0) is 44.6 Å². The molecule has 0 aliphatic rings. The van der Waals surface area contributed by atoms with Gasteiger partial charge in [-0.15, -0.1) is 0 Å². The van der Waals surface area contributed by atoms with Crippen LogP contribution in [0, 0.1) is 0 Å². The van der Waals surface area contributed by atoms with Crippen molar-refractivity contribution in [3.63, 3.8) is 0 Å². The van der Waals surface area contributed by atoms with Crippen molar-refractivity contribution in [1.29, 1.82) is 0 Å². The summed E-state index contributed by atoms with van der Waals surface area (Å²) in [5.41, 5.74) is 0. The van der Waals surface area contributed by atoms with E-state index in [0.717, 1.165) is 0 Å². The van der Waals surface area contributed by atoms with Crippen LogP contribution in [0.25, 0.3) is 0 Å². The molecule has 0 amide bonds. The molecule has 0 unspecified atom stereocenters. The summed E-state index contributed by atoms with van der Waals surface area (Å²) in [5.74, 6) is 0. The molecule has 0 aliphatic carbocycles. The van der Waals surface area contributed by atoms with E-state index >= 15 is 0 Å². The molecule has 0 saturated heterocycles. The normalized spacial score (nSPS) is 5.45. The van der Waals surface area contributed by atoms with Crippen LogP contribution in [0.4, 0.5) is 0 Å². The fourth-order valence-electron chi connectivity index (χ4n) is 0. The topological polar surface area (TPSA) is 575 Å². The summed E-state index contributed by atoms with van der Waals surface area (Å²) >= 11 is 0. The third kappa shape index (κ3) is 2510000. The molecule has 0 aromatic carbocycles. The molecule has 0 spiro atoms. The van der Waals surface area contributed by atoms with Crippen molar-refractivity contribution >= 4 is 210 Å². The van der Waals surface area contributed by atoms with Crippen molar-refractivity contribution < 1.29 is 141 Å². The molecular formula is H24Na4O30Si10. The molecule has 0 atom stereocenters. The Labute approximate surface area is 345 Å². The average molecular weight is 877 g/mol. The van der Waals surface area contributed by atoms with E-state index in [9.17, 15) is 0 Å². The summed E-state index contributed by atoms with van der Waals surface area (Å²) in [4.78, 5) is 143. The molecule has 0 bridgehead atoms. The zero-order valence-corrected chi connectivity index (χ0v) is 28.0. The van der Waals surface area contributed by atoms with Gasteiger partial charge in [0, 0.05) is 0 Å². The third-order valence-corrected chi connectivity index (χ3v) is 0. The molecule has 0 aromatic heterocycles.